The van der Waals surface area contributed by atoms with Gasteiger partial charge in [-0.2, -0.15) is 0 Å². The van der Waals surface area contributed by atoms with E-state index in [0.717, 1.165) is 88.8 Å². The second-order valence-corrected chi connectivity index (χ2v) is 11.9. The zero-order chi connectivity index (χ0) is 27.8. The van der Waals surface area contributed by atoms with Crippen LogP contribution in [0.25, 0.3) is 0 Å². The molecule has 0 spiro atoms. The highest BCUT2D eigenvalue weighted by Gasteiger charge is 2.45. The Labute approximate surface area is 234 Å². The van der Waals surface area contributed by atoms with Crippen molar-refractivity contribution >= 4 is 35.2 Å². The number of hydrogen-bond donors (Lipinski definition) is 2. The molecule has 11 heteroatoms. The first-order chi connectivity index (χ1) is 19.4. The van der Waals surface area contributed by atoms with E-state index in [-0.39, 0.29) is 24.7 Å². The predicted octanol–water partition coefficient (Wildman–Crippen LogP) is 0.448. The second-order valence-electron chi connectivity index (χ2n) is 11.9. The molecular weight excluding hydrogens is 512 g/mol. The van der Waals surface area contributed by atoms with Gasteiger partial charge in [-0.25, -0.2) is 0 Å². The molecule has 4 fully saturated rings. The summed E-state index contributed by atoms with van der Waals surface area (Å²) in [4.78, 5) is 70.7. The molecule has 5 heterocycles. The van der Waals surface area contributed by atoms with Crippen molar-refractivity contribution in [2.75, 3.05) is 63.8 Å². The number of carbonyl (C=O) groups is 5. The molecule has 0 radical (unpaired) electrons. The molecule has 0 saturated carbocycles. The van der Waals surface area contributed by atoms with Crippen LogP contribution >= 0.6 is 0 Å². The molecule has 6 rings (SSSR count). The van der Waals surface area contributed by atoms with E-state index >= 15 is 0 Å². The van der Waals surface area contributed by atoms with Crippen molar-refractivity contribution in [1.82, 2.24) is 25.3 Å². The van der Waals surface area contributed by atoms with Crippen LogP contribution in [0.3, 0.4) is 0 Å². The van der Waals surface area contributed by atoms with Gasteiger partial charge in [0.25, 0.3) is 11.8 Å². The topological polar surface area (TPSA) is 122 Å². The van der Waals surface area contributed by atoms with Crippen LogP contribution in [0.4, 0.5) is 5.69 Å². The van der Waals surface area contributed by atoms with Gasteiger partial charge in [0.1, 0.15) is 6.04 Å². The zero-order valence-electron chi connectivity index (χ0n) is 22.9. The van der Waals surface area contributed by atoms with E-state index in [1.165, 1.54) is 0 Å². The van der Waals surface area contributed by atoms with Gasteiger partial charge in [-0.3, -0.25) is 34.2 Å². The van der Waals surface area contributed by atoms with Gasteiger partial charge in [-0.15, -0.1) is 0 Å². The highest BCUT2D eigenvalue weighted by Crippen LogP contribution is 2.32. The lowest BCUT2D eigenvalue weighted by Crippen LogP contribution is -2.54. The number of imide groups is 2. The monoisotopic (exact) mass is 550 g/mol. The van der Waals surface area contributed by atoms with Crippen LogP contribution in [-0.4, -0.2) is 109 Å². The molecule has 0 bridgehead atoms. The van der Waals surface area contributed by atoms with Crippen molar-refractivity contribution < 1.29 is 24.0 Å². The zero-order valence-corrected chi connectivity index (χ0v) is 22.9. The Bertz CT molecular complexity index is 1210. The molecule has 2 N–H and O–H groups in total. The molecule has 2 atom stereocenters. The van der Waals surface area contributed by atoms with Gasteiger partial charge >= 0.3 is 0 Å². The summed E-state index contributed by atoms with van der Waals surface area (Å²) in [5, 5.41) is 5.62. The SMILES string of the molecule is O=C1CCC(N2C(=O)c3ccc(N4CCC(CN5CC[C@@H](CN6CCNCC6)CC5=O)CC4)cc3C2=O)C(=O)N1. The van der Waals surface area contributed by atoms with E-state index in [1.54, 1.807) is 12.1 Å². The third-order valence-electron chi connectivity index (χ3n) is 9.23. The summed E-state index contributed by atoms with van der Waals surface area (Å²) in [6.45, 7) is 8.52. The smallest absolute Gasteiger partial charge is 0.262 e. The van der Waals surface area contributed by atoms with Crippen molar-refractivity contribution in [2.24, 2.45) is 11.8 Å². The lowest BCUT2D eigenvalue weighted by Gasteiger charge is -2.39. The second kappa shape index (κ2) is 11.3. The maximum atomic E-state index is 13.2. The first-order valence-corrected chi connectivity index (χ1v) is 14.7. The van der Waals surface area contributed by atoms with E-state index in [9.17, 15) is 24.0 Å². The number of carbonyl (C=O) groups excluding carboxylic acids is 5. The Morgan fingerprint density at radius 3 is 2.23 bits per heavy atom. The van der Waals surface area contributed by atoms with Gasteiger partial charge in [0.15, 0.2) is 0 Å². The number of rotatable bonds is 6. The lowest BCUT2D eigenvalue weighted by molar-refractivity contribution is -0.137. The maximum absolute atomic E-state index is 13.2. The summed E-state index contributed by atoms with van der Waals surface area (Å²) in [6, 6.07) is 4.34. The number of nitrogens with zero attached hydrogens (tertiary/aromatic N) is 4. The van der Waals surface area contributed by atoms with Crippen LogP contribution in [0.5, 0.6) is 0 Å². The summed E-state index contributed by atoms with van der Waals surface area (Å²) in [7, 11) is 0. The first kappa shape index (κ1) is 26.9. The van der Waals surface area contributed by atoms with E-state index in [1.807, 2.05) is 6.07 Å². The van der Waals surface area contributed by atoms with E-state index in [0.29, 0.717) is 29.4 Å². The van der Waals surface area contributed by atoms with Crippen LogP contribution in [0, 0.1) is 11.8 Å². The molecule has 0 aliphatic carbocycles. The van der Waals surface area contributed by atoms with Gasteiger partial charge in [-0.05, 0) is 55.7 Å². The average molecular weight is 551 g/mol. The number of anilines is 1. The summed E-state index contributed by atoms with van der Waals surface area (Å²) >= 11 is 0. The highest BCUT2D eigenvalue weighted by molar-refractivity contribution is 6.23. The summed E-state index contributed by atoms with van der Waals surface area (Å²) in [5.74, 6) is -0.754. The van der Waals surface area contributed by atoms with Crippen molar-refractivity contribution in [2.45, 2.75) is 44.6 Å². The number of nitrogens with one attached hydrogen (secondary N) is 2. The Kier molecular flexibility index (Phi) is 7.59. The molecular formula is C29H38N6O5. The summed E-state index contributed by atoms with van der Waals surface area (Å²) in [6.07, 6.45) is 3.89. The molecule has 1 aromatic carbocycles. The molecule has 1 aromatic rings. The minimum Gasteiger partial charge on any atom is -0.371 e. The van der Waals surface area contributed by atoms with Gasteiger partial charge in [-0.1, -0.05) is 0 Å². The normalized spacial score (nSPS) is 26.9. The molecule has 5 aliphatic heterocycles. The molecule has 1 unspecified atom stereocenters. The Morgan fingerprint density at radius 1 is 0.775 bits per heavy atom. The molecule has 5 amide bonds. The van der Waals surface area contributed by atoms with Crippen molar-refractivity contribution in [3.63, 3.8) is 0 Å². The van der Waals surface area contributed by atoms with Crippen LogP contribution in [0.15, 0.2) is 18.2 Å². The number of piperazine rings is 1. The predicted molar refractivity (Wildman–Crippen MR) is 147 cm³/mol. The standard InChI is InChI=1S/C29H38N6O5/c36-25-4-3-24(27(38)31-25)35-28(39)22-2-1-21(16-23(22)29(35)40)33-10-5-19(6-11-33)18-34-12-7-20(15-26(34)37)17-32-13-8-30-9-14-32/h1-2,16,19-20,24,30H,3-15,17-18H2,(H,31,36,38)/t20-,24?/m1/s1. The third-order valence-corrected chi connectivity index (χ3v) is 9.23. The van der Waals surface area contributed by atoms with Crippen molar-refractivity contribution in [1.29, 1.82) is 0 Å². The fraction of sp³-hybridized carbons (Fsp3) is 0.621. The van der Waals surface area contributed by atoms with Gasteiger partial charge < -0.3 is 20.0 Å². The largest absolute Gasteiger partial charge is 0.371 e. The van der Waals surface area contributed by atoms with E-state index < -0.39 is 23.8 Å². The lowest BCUT2D eigenvalue weighted by atomic mass is 9.91. The van der Waals surface area contributed by atoms with Gasteiger partial charge in [0.05, 0.1) is 11.1 Å². The van der Waals surface area contributed by atoms with Gasteiger partial charge in [0.2, 0.25) is 17.7 Å². The number of likely N-dealkylation sites (tertiary alicyclic amines) is 1. The van der Waals surface area contributed by atoms with Crippen LogP contribution < -0.4 is 15.5 Å². The molecule has 4 saturated heterocycles. The molecule has 11 nitrogen and oxygen atoms in total. The fourth-order valence-electron chi connectivity index (χ4n) is 6.89. The Balaban J connectivity index is 1.01. The van der Waals surface area contributed by atoms with Crippen LogP contribution in [0.1, 0.15) is 59.2 Å². The van der Waals surface area contributed by atoms with Crippen LogP contribution in [-0.2, 0) is 14.4 Å². The van der Waals surface area contributed by atoms with Crippen molar-refractivity contribution in [3.05, 3.63) is 29.3 Å². The number of piperidine rings is 3. The number of amides is 5. The third kappa shape index (κ3) is 5.36. The van der Waals surface area contributed by atoms with E-state index in [2.05, 4.69) is 25.3 Å². The molecule has 214 valence electrons. The number of fused-ring (bicyclic) bond motifs is 1. The summed E-state index contributed by atoms with van der Waals surface area (Å²) in [5.41, 5.74) is 1.49. The van der Waals surface area contributed by atoms with Crippen molar-refractivity contribution in [3.8, 4) is 0 Å². The minimum absolute atomic E-state index is 0.101. The quantitative estimate of drug-likeness (QED) is 0.490. The Hall–Kier alpha value is -3.31. The molecule has 5 aliphatic rings. The summed E-state index contributed by atoms with van der Waals surface area (Å²) < 4.78 is 0. The van der Waals surface area contributed by atoms with Gasteiger partial charge in [0, 0.05) is 77.4 Å². The first-order valence-electron chi connectivity index (χ1n) is 14.7. The minimum atomic E-state index is -0.959. The Morgan fingerprint density at radius 2 is 1.50 bits per heavy atom. The maximum Gasteiger partial charge on any atom is 0.262 e. The highest BCUT2D eigenvalue weighted by atomic mass is 16.2. The average Bonchev–Trinajstić information content (AvgIpc) is 3.20. The fourth-order valence-corrected chi connectivity index (χ4v) is 6.89. The van der Waals surface area contributed by atoms with Crippen LogP contribution in [0.2, 0.25) is 0 Å². The number of benzene rings is 1. The van der Waals surface area contributed by atoms with E-state index in [4.69, 9.17) is 0 Å². The number of hydrogen-bond acceptors (Lipinski definition) is 8. The molecule has 40 heavy (non-hydrogen) atoms. The molecule has 0 aromatic heterocycles.